The molecule has 0 aliphatic heterocycles. The maximum Gasteiger partial charge on any atom is 0.241 e. The standard InChI is InChI=1S/C8H10N2O3/c1-6(10(12)13)8(11)7-4-2-3-5-9-7/h2-6,8,11H,1H3. The fourth-order valence-electron chi connectivity index (χ4n) is 0.913. The van der Waals surface area contributed by atoms with Gasteiger partial charge in [0, 0.05) is 18.0 Å². The molecular formula is C8H10N2O3. The Morgan fingerprint density at radius 1 is 1.62 bits per heavy atom. The second kappa shape index (κ2) is 3.95. The fraction of sp³-hybridized carbons (Fsp3) is 0.375. The third-order valence-corrected chi connectivity index (χ3v) is 1.78. The van der Waals surface area contributed by atoms with Crippen LogP contribution in [0.15, 0.2) is 24.4 Å². The van der Waals surface area contributed by atoms with Crippen molar-refractivity contribution in [2.45, 2.75) is 19.1 Å². The van der Waals surface area contributed by atoms with Gasteiger partial charge in [-0.15, -0.1) is 0 Å². The van der Waals surface area contributed by atoms with Crippen molar-refractivity contribution in [2.24, 2.45) is 0 Å². The van der Waals surface area contributed by atoms with Crippen molar-refractivity contribution in [1.82, 2.24) is 4.98 Å². The van der Waals surface area contributed by atoms with Crippen LogP contribution in [-0.2, 0) is 0 Å². The monoisotopic (exact) mass is 182 g/mol. The average Bonchev–Trinajstić information content (AvgIpc) is 2.17. The lowest BCUT2D eigenvalue weighted by molar-refractivity contribution is -0.531. The van der Waals surface area contributed by atoms with Crippen LogP contribution in [-0.4, -0.2) is 21.1 Å². The van der Waals surface area contributed by atoms with Gasteiger partial charge in [0.2, 0.25) is 6.04 Å². The normalized spacial score (nSPS) is 14.9. The molecule has 1 rings (SSSR count). The summed E-state index contributed by atoms with van der Waals surface area (Å²) in [5.41, 5.74) is 0.326. The first-order valence-electron chi connectivity index (χ1n) is 3.85. The van der Waals surface area contributed by atoms with Crippen molar-refractivity contribution in [3.63, 3.8) is 0 Å². The minimum absolute atomic E-state index is 0.326. The maximum atomic E-state index is 10.3. The lowest BCUT2D eigenvalue weighted by Gasteiger charge is -2.10. The highest BCUT2D eigenvalue weighted by molar-refractivity contribution is 5.07. The summed E-state index contributed by atoms with van der Waals surface area (Å²) < 4.78 is 0. The number of nitro groups is 1. The lowest BCUT2D eigenvalue weighted by Crippen LogP contribution is -2.24. The van der Waals surface area contributed by atoms with Gasteiger partial charge in [0.05, 0.1) is 5.69 Å². The Hall–Kier alpha value is -1.49. The number of aliphatic hydroxyl groups is 1. The molecule has 0 spiro atoms. The Kier molecular flexibility index (Phi) is 2.92. The van der Waals surface area contributed by atoms with Crippen molar-refractivity contribution in [3.8, 4) is 0 Å². The van der Waals surface area contributed by atoms with Gasteiger partial charge >= 0.3 is 0 Å². The quantitative estimate of drug-likeness (QED) is 0.553. The second-order valence-corrected chi connectivity index (χ2v) is 2.73. The molecule has 0 aliphatic rings. The summed E-state index contributed by atoms with van der Waals surface area (Å²) in [5, 5.41) is 19.8. The van der Waals surface area contributed by atoms with Crippen LogP contribution in [0.2, 0.25) is 0 Å². The number of hydrogen-bond donors (Lipinski definition) is 1. The van der Waals surface area contributed by atoms with E-state index in [0.29, 0.717) is 5.69 Å². The SMILES string of the molecule is CC(C(O)c1ccccn1)[N+](=O)[O-]. The van der Waals surface area contributed by atoms with Crippen LogP contribution in [0.4, 0.5) is 0 Å². The zero-order valence-electron chi connectivity index (χ0n) is 7.12. The molecule has 1 aromatic rings. The largest absolute Gasteiger partial charge is 0.380 e. The fourth-order valence-corrected chi connectivity index (χ4v) is 0.913. The van der Waals surface area contributed by atoms with E-state index in [4.69, 9.17) is 0 Å². The molecule has 5 nitrogen and oxygen atoms in total. The van der Waals surface area contributed by atoms with Crippen LogP contribution in [0.3, 0.4) is 0 Å². The number of aliphatic hydroxyl groups excluding tert-OH is 1. The van der Waals surface area contributed by atoms with E-state index in [1.165, 1.54) is 13.1 Å². The first-order valence-corrected chi connectivity index (χ1v) is 3.85. The number of hydrogen-bond acceptors (Lipinski definition) is 4. The van der Waals surface area contributed by atoms with Crippen LogP contribution < -0.4 is 0 Å². The van der Waals surface area contributed by atoms with Gasteiger partial charge in [-0.05, 0) is 12.1 Å². The van der Waals surface area contributed by atoms with Gasteiger partial charge in [0.1, 0.15) is 0 Å². The lowest BCUT2D eigenvalue weighted by atomic mass is 10.1. The van der Waals surface area contributed by atoms with Crippen LogP contribution in [0.1, 0.15) is 18.7 Å². The molecule has 0 amide bonds. The molecule has 0 saturated carbocycles. The van der Waals surface area contributed by atoms with E-state index in [2.05, 4.69) is 4.98 Å². The van der Waals surface area contributed by atoms with E-state index in [1.807, 2.05) is 0 Å². The summed E-state index contributed by atoms with van der Waals surface area (Å²) in [6.45, 7) is 1.35. The summed E-state index contributed by atoms with van der Waals surface area (Å²) in [6.07, 6.45) is 0.349. The number of aromatic nitrogens is 1. The van der Waals surface area contributed by atoms with Gasteiger partial charge in [0.25, 0.3) is 0 Å². The molecule has 1 aromatic heterocycles. The third kappa shape index (κ3) is 2.22. The minimum atomic E-state index is -1.14. The van der Waals surface area contributed by atoms with E-state index in [0.717, 1.165) is 0 Å². The summed E-state index contributed by atoms with van der Waals surface area (Å²) in [5.74, 6) is 0. The number of rotatable bonds is 3. The molecule has 13 heavy (non-hydrogen) atoms. The molecule has 5 heteroatoms. The molecule has 0 bridgehead atoms. The van der Waals surface area contributed by atoms with Crippen LogP contribution in [0.5, 0.6) is 0 Å². The zero-order valence-corrected chi connectivity index (χ0v) is 7.12. The van der Waals surface area contributed by atoms with E-state index < -0.39 is 17.1 Å². The minimum Gasteiger partial charge on any atom is -0.380 e. The molecule has 0 radical (unpaired) electrons. The maximum absolute atomic E-state index is 10.3. The summed E-state index contributed by atoms with van der Waals surface area (Å²) in [7, 11) is 0. The Morgan fingerprint density at radius 3 is 2.77 bits per heavy atom. The van der Waals surface area contributed by atoms with Gasteiger partial charge in [-0.3, -0.25) is 15.1 Å². The summed E-state index contributed by atoms with van der Waals surface area (Å²) >= 11 is 0. The van der Waals surface area contributed by atoms with Crippen molar-refractivity contribution in [1.29, 1.82) is 0 Å². The molecular weight excluding hydrogens is 172 g/mol. The highest BCUT2D eigenvalue weighted by atomic mass is 16.6. The van der Waals surface area contributed by atoms with E-state index >= 15 is 0 Å². The Morgan fingerprint density at radius 2 is 2.31 bits per heavy atom. The Bertz CT molecular complexity index is 289. The predicted octanol–water partition coefficient (Wildman–Crippen LogP) is 0.780. The highest BCUT2D eigenvalue weighted by Crippen LogP contribution is 2.15. The molecule has 70 valence electrons. The van der Waals surface area contributed by atoms with Crippen molar-refractivity contribution in [3.05, 3.63) is 40.2 Å². The average molecular weight is 182 g/mol. The van der Waals surface area contributed by atoms with Gasteiger partial charge in [0.15, 0.2) is 6.10 Å². The molecule has 2 unspecified atom stereocenters. The Labute approximate surface area is 75.2 Å². The van der Waals surface area contributed by atoms with Gasteiger partial charge in [-0.25, -0.2) is 0 Å². The molecule has 0 saturated heterocycles. The second-order valence-electron chi connectivity index (χ2n) is 2.73. The zero-order chi connectivity index (χ0) is 9.84. The first kappa shape index (κ1) is 9.60. The van der Waals surface area contributed by atoms with Crippen LogP contribution in [0, 0.1) is 10.1 Å². The van der Waals surface area contributed by atoms with E-state index in [-0.39, 0.29) is 0 Å². The molecule has 2 atom stereocenters. The van der Waals surface area contributed by atoms with Crippen LogP contribution >= 0.6 is 0 Å². The summed E-state index contributed by atoms with van der Waals surface area (Å²) in [6, 6.07) is 3.89. The molecule has 0 aromatic carbocycles. The van der Waals surface area contributed by atoms with E-state index in [9.17, 15) is 15.2 Å². The van der Waals surface area contributed by atoms with E-state index in [1.54, 1.807) is 18.2 Å². The molecule has 0 aliphatic carbocycles. The predicted molar refractivity (Wildman–Crippen MR) is 45.7 cm³/mol. The smallest absolute Gasteiger partial charge is 0.241 e. The van der Waals surface area contributed by atoms with Crippen LogP contribution in [0.25, 0.3) is 0 Å². The third-order valence-electron chi connectivity index (χ3n) is 1.78. The highest BCUT2D eigenvalue weighted by Gasteiger charge is 2.26. The van der Waals surface area contributed by atoms with Crippen molar-refractivity contribution < 1.29 is 10.0 Å². The summed E-state index contributed by atoms with van der Waals surface area (Å²) in [4.78, 5) is 13.6. The number of pyridine rings is 1. The molecule has 1 heterocycles. The Balaban J connectivity index is 2.79. The van der Waals surface area contributed by atoms with Gasteiger partial charge in [-0.1, -0.05) is 6.07 Å². The molecule has 0 fully saturated rings. The molecule has 1 N–H and O–H groups in total. The van der Waals surface area contributed by atoms with Crippen molar-refractivity contribution in [2.75, 3.05) is 0 Å². The topological polar surface area (TPSA) is 76.3 Å². The first-order chi connectivity index (χ1) is 6.13. The van der Waals surface area contributed by atoms with Crippen molar-refractivity contribution >= 4 is 0 Å². The van der Waals surface area contributed by atoms with Gasteiger partial charge < -0.3 is 5.11 Å². The van der Waals surface area contributed by atoms with Gasteiger partial charge in [-0.2, -0.15) is 0 Å². The number of nitrogens with zero attached hydrogens (tertiary/aromatic N) is 2.